The summed E-state index contributed by atoms with van der Waals surface area (Å²) in [6.45, 7) is 3.76. The predicted octanol–water partition coefficient (Wildman–Crippen LogP) is 4.32. The van der Waals surface area contributed by atoms with E-state index >= 15 is 0 Å². The number of aromatic amines is 1. The van der Waals surface area contributed by atoms with Gasteiger partial charge in [-0.3, -0.25) is 14.6 Å². The number of nitrogens with zero attached hydrogens (tertiary/aromatic N) is 3. The molecular weight excluding hydrogens is 410 g/mol. The van der Waals surface area contributed by atoms with Gasteiger partial charge in [0.05, 0.1) is 10.6 Å². The Bertz CT molecular complexity index is 1240. The SMILES string of the molecule is CCCC(=O)Nc1cc(-c2cccs2)nn1-c1nc(C)c(Cc2ccccc2)c(=O)[nH]1. The number of rotatable bonds is 7. The molecule has 0 aliphatic rings. The second-order valence-electron chi connectivity index (χ2n) is 7.22. The molecule has 4 rings (SSSR count). The van der Waals surface area contributed by atoms with Gasteiger partial charge in [-0.1, -0.05) is 43.3 Å². The van der Waals surface area contributed by atoms with Crippen LogP contribution in [0.5, 0.6) is 0 Å². The van der Waals surface area contributed by atoms with E-state index in [1.807, 2.05) is 61.7 Å². The number of thiophene rings is 1. The van der Waals surface area contributed by atoms with E-state index in [4.69, 9.17) is 0 Å². The largest absolute Gasteiger partial charge is 0.310 e. The lowest BCUT2D eigenvalue weighted by Gasteiger charge is -2.10. The minimum atomic E-state index is -0.217. The third-order valence-electron chi connectivity index (χ3n) is 4.86. The molecule has 2 N–H and O–H groups in total. The quantitative estimate of drug-likeness (QED) is 0.454. The van der Waals surface area contributed by atoms with Gasteiger partial charge >= 0.3 is 0 Å². The molecule has 158 valence electrons. The summed E-state index contributed by atoms with van der Waals surface area (Å²) in [6.07, 6.45) is 1.63. The monoisotopic (exact) mass is 433 g/mol. The van der Waals surface area contributed by atoms with Crippen LogP contribution in [0.2, 0.25) is 0 Å². The van der Waals surface area contributed by atoms with Gasteiger partial charge in [-0.15, -0.1) is 11.3 Å². The molecule has 8 heteroatoms. The lowest BCUT2D eigenvalue weighted by atomic mass is 10.1. The highest BCUT2D eigenvalue weighted by Gasteiger charge is 2.17. The van der Waals surface area contributed by atoms with E-state index in [0.717, 1.165) is 16.9 Å². The molecule has 1 amide bonds. The fourth-order valence-corrected chi connectivity index (χ4v) is 3.99. The molecule has 3 heterocycles. The van der Waals surface area contributed by atoms with Crippen LogP contribution in [0, 0.1) is 6.92 Å². The molecule has 1 aromatic carbocycles. The average molecular weight is 434 g/mol. The number of aryl methyl sites for hydroxylation is 1. The van der Waals surface area contributed by atoms with Crippen molar-refractivity contribution in [1.82, 2.24) is 19.7 Å². The smallest absolute Gasteiger partial charge is 0.256 e. The van der Waals surface area contributed by atoms with Crippen LogP contribution in [-0.4, -0.2) is 25.7 Å². The van der Waals surface area contributed by atoms with Crippen molar-refractivity contribution in [3.8, 4) is 16.5 Å². The summed E-state index contributed by atoms with van der Waals surface area (Å²) in [5, 5.41) is 9.47. The van der Waals surface area contributed by atoms with Crippen LogP contribution in [0.1, 0.15) is 36.6 Å². The van der Waals surface area contributed by atoms with Crippen molar-refractivity contribution in [2.75, 3.05) is 5.32 Å². The van der Waals surface area contributed by atoms with Crippen molar-refractivity contribution < 1.29 is 4.79 Å². The Hall–Kier alpha value is -3.52. The zero-order valence-corrected chi connectivity index (χ0v) is 18.2. The van der Waals surface area contributed by atoms with Gasteiger partial charge in [0.2, 0.25) is 11.9 Å². The summed E-state index contributed by atoms with van der Waals surface area (Å²) in [5.74, 6) is 0.635. The highest BCUT2D eigenvalue weighted by molar-refractivity contribution is 7.13. The van der Waals surface area contributed by atoms with E-state index in [1.165, 1.54) is 4.68 Å². The number of nitrogens with one attached hydrogen (secondary N) is 2. The molecule has 0 atom stereocenters. The van der Waals surface area contributed by atoms with Gasteiger partial charge in [0.25, 0.3) is 5.56 Å². The maximum Gasteiger partial charge on any atom is 0.256 e. The number of anilines is 1. The van der Waals surface area contributed by atoms with Crippen LogP contribution in [0.4, 0.5) is 5.82 Å². The lowest BCUT2D eigenvalue weighted by molar-refractivity contribution is -0.116. The van der Waals surface area contributed by atoms with Crippen molar-refractivity contribution >= 4 is 23.1 Å². The number of aromatic nitrogens is 4. The maximum absolute atomic E-state index is 12.9. The van der Waals surface area contributed by atoms with Gasteiger partial charge in [-0.2, -0.15) is 9.78 Å². The molecule has 3 aromatic heterocycles. The Morgan fingerprint density at radius 2 is 2.00 bits per heavy atom. The van der Waals surface area contributed by atoms with Crippen LogP contribution in [0.25, 0.3) is 16.5 Å². The van der Waals surface area contributed by atoms with Gasteiger partial charge in [0.1, 0.15) is 11.5 Å². The van der Waals surface area contributed by atoms with E-state index < -0.39 is 0 Å². The number of hydrogen-bond donors (Lipinski definition) is 2. The van der Waals surface area contributed by atoms with Gasteiger partial charge in [-0.05, 0) is 30.4 Å². The molecule has 0 bridgehead atoms. The van der Waals surface area contributed by atoms with Gasteiger partial charge < -0.3 is 5.32 Å². The standard InChI is InChI=1S/C23H23N5O2S/c1-3-8-21(29)25-20-14-18(19-11-7-12-31-19)27-28(20)23-24-15(2)17(22(30)26-23)13-16-9-5-4-6-10-16/h4-7,9-12,14H,3,8,13H2,1-2H3,(H,25,29)(H,24,26,30). The molecule has 4 aromatic rings. The molecule has 31 heavy (non-hydrogen) atoms. The first-order valence-electron chi connectivity index (χ1n) is 10.1. The first kappa shape index (κ1) is 20.7. The molecule has 0 fully saturated rings. The van der Waals surface area contributed by atoms with Gasteiger partial charge in [-0.25, -0.2) is 4.98 Å². The van der Waals surface area contributed by atoms with Crippen LogP contribution < -0.4 is 10.9 Å². The average Bonchev–Trinajstić information content (AvgIpc) is 3.41. The van der Waals surface area contributed by atoms with E-state index in [9.17, 15) is 9.59 Å². The molecular formula is C23H23N5O2S. The first-order chi connectivity index (χ1) is 15.0. The molecule has 0 saturated carbocycles. The number of H-pyrrole nitrogens is 1. The minimum absolute atomic E-state index is 0.110. The van der Waals surface area contributed by atoms with Crippen molar-refractivity contribution in [3.63, 3.8) is 0 Å². The summed E-state index contributed by atoms with van der Waals surface area (Å²) in [7, 11) is 0. The summed E-state index contributed by atoms with van der Waals surface area (Å²) >= 11 is 1.55. The summed E-state index contributed by atoms with van der Waals surface area (Å²) < 4.78 is 1.49. The molecule has 0 aliphatic heterocycles. The molecule has 0 unspecified atom stereocenters. The van der Waals surface area contributed by atoms with Crippen molar-refractivity contribution in [3.05, 3.63) is 81.1 Å². The molecule has 0 saturated heterocycles. The van der Waals surface area contributed by atoms with E-state index in [2.05, 4.69) is 20.4 Å². The topological polar surface area (TPSA) is 92.7 Å². The predicted molar refractivity (Wildman–Crippen MR) is 123 cm³/mol. The third kappa shape index (κ3) is 4.64. The number of benzene rings is 1. The Morgan fingerprint density at radius 1 is 1.19 bits per heavy atom. The van der Waals surface area contributed by atoms with E-state index in [-0.39, 0.29) is 17.4 Å². The van der Waals surface area contributed by atoms with Gasteiger partial charge in [0.15, 0.2) is 0 Å². The molecule has 0 aliphatic carbocycles. The molecule has 7 nitrogen and oxygen atoms in total. The lowest BCUT2D eigenvalue weighted by Crippen LogP contribution is -2.22. The van der Waals surface area contributed by atoms with E-state index in [1.54, 1.807) is 17.4 Å². The fraction of sp³-hybridized carbons (Fsp3) is 0.217. The van der Waals surface area contributed by atoms with Crippen molar-refractivity contribution in [1.29, 1.82) is 0 Å². The van der Waals surface area contributed by atoms with Crippen LogP contribution in [-0.2, 0) is 11.2 Å². The molecule has 0 radical (unpaired) electrons. The fourth-order valence-electron chi connectivity index (χ4n) is 3.31. The zero-order chi connectivity index (χ0) is 21.8. The highest BCUT2D eigenvalue weighted by atomic mass is 32.1. The first-order valence-corrected chi connectivity index (χ1v) is 11.0. The number of amides is 1. The normalized spacial score (nSPS) is 10.9. The Kier molecular flexibility index (Phi) is 6.08. The van der Waals surface area contributed by atoms with Crippen LogP contribution in [0.15, 0.2) is 58.7 Å². The summed E-state index contributed by atoms with van der Waals surface area (Å²) in [4.78, 5) is 33.5. The third-order valence-corrected chi connectivity index (χ3v) is 5.75. The minimum Gasteiger partial charge on any atom is -0.310 e. The Morgan fingerprint density at radius 3 is 2.68 bits per heavy atom. The highest BCUT2D eigenvalue weighted by Crippen LogP contribution is 2.27. The second-order valence-corrected chi connectivity index (χ2v) is 8.17. The van der Waals surface area contributed by atoms with Crippen LogP contribution in [0.3, 0.4) is 0 Å². The Balaban J connectivity index is 1.74. The maximum atomic E-state index is 12.9. The zero-order valence-electron chi connectivity index (χ0n) is 17.4. The number of carbonyl (C=O) groups is 1. The van der Waals surface area contributed by atoms with Crippen molar-refractivity contribution in [2.45, 2.75) is 33.1 Å². The van der Waals surface area contributed by atoms with Gasteiger partial charge in [0, 0.05) is 24.5 Å². The van der Waals surface area contributed by atoms with Crippen LogP contribution >= 0.6 is 11.3 Å². The second kappa shape index (κ2) is 9.09. The summed E-state index contributed by atoms with van der Waals surface area (Å²) in [5.41, 5.74) is 2.76. The summed E-state index contributed by atoms with van der Waals surface area (Å²) in [6, 6.07) is 15.5. The number of carbonyl (C=O) groups excluding carboxylic acids is 1. The Labute approximate surface area is 183 Å². The molecule has 0 spiro atoms. The van der Waals surface area contributed by atoms with E-state index in [0.29, 0.717) is 35.6 Å². The number of hydrogen-bond acceptors (Lipinski definition) is 5. The van der Waals surface area contributed by atoms with Crippen molar-refractivity contribution in [2.24, 2.45) is 0 Å².